The predicted molar refractivity (Wildman–Crippen MR) is 142 cm³/mol. The molecule has 2 aliphatic heterocycles. The summed E-state index contributed by atoms with van der Waals surface area (Å²) in [5.74, 6) is -1.39. The van der Waals surface area contributed by atoms with E-state index in [1.54, 1.807) is 31.6 Å². The number of amides is 3. The molecule has 5 N–H and O–H groups in total. The van der Waals surface area contributed by atoms with Crippen LogP contribution in [0.5, 0.6) is 0 Å². The average Bonchev–Trinajstić information content (AvgIpc) is 2.81. The van der Waals surface area contributed by atoms with Crippen molar-refractivity contribution in [2.45, 2.75) is 90.8 Å². The molecular formula is C24H40N4O6S2. The molecule has 2 rings (SSSR count). The van der Waals surface area contributed by atoms with Crippen molar-refractivity contribution in [2.24, 2.45) is 11.8 Å². The van der Waals surface area contributed by atoms with E-state index in [-0.39, 0.29) is 29.9 Å². The molecule has 10 nitrogen and oxygen atoms in total. The number of ether oxygens (including phenoxy) is 1. The lowest BCUT2D eigenvalue weighted by Crippen LogP contribution is -2.59. The number of hydrogen-bond acceptors (Lipinski definition) is 9. The number of carbonyl (C=O) groups excluding carboxylic acids is 4. The van der Waals surface area contributed by atoms with Gasteiger partial charge < -0.3 is 25.8 Å². The van der Waals surface area contributed by atoms with Crippen LogP contribution >= 0.6 is 21.6 Å². The largest absolute Gasteiger partial charge is 0.460 e. The van der Waals surface area contributed by atoms with Crippen molar-refractivity contribution in [1.29, 1.82) is 0 Å². The first-order valence-corrected chi connectivity index (χ1v) is 15.0. The Morgan fingerprint density at radius 2 is 1.75 bits per heavy atom. The van der Waals surface area contributed by atoms with Crippen LogP contribution in [0.1, 0.15) is 60.3 Å². The van der Waals surface area contributed by atoms with Crippen LogP contribution in [0.3, 0.4) is 0 Å². The molecule has 0 aromatic carbocycles. The lowest BCUT2D eigenvalue weighted by molar-refractivity contribution is -0.155. The van der Waals surface area contributed by atoms with Gasteiger partial charge in [-0.05, 0) is 38.0 Å². The third-order valence-corrected chi connectivity index (χ3v) is 8.59. The summed E-state index contributed by atoms with van der Waals surface area (Å²) in [6.45, 7) is 8.89. The summed E-state index contributed by atoms with van der Waals surface area (Å²) < 4.78 is 5.76. The van der Waals surface area contributed by atoms with Gasteiger partial charge in [-0.2, -0.15) is 0 Å². The Morgan fingerprint density at radius 1 is 1.03 bits per heavy atom. The first kappa shape index (κ1) is 30.5. The molecule has 2 bridgehead atoms. The van der Waals surface area contributed by atoms with Crippen molar-refractivity contribution in [1.82, 2.24) is 21.3 Å². The zero-order chi connectivity index (χ0) is 26.8. The number of esters is 1. The molecule has 0 spiro atoms. The third kappa shape index (κ3) is 9.28. The normalized spacial score (nSPS) is 31.4. The van der Waals surface area contributed by atoms with Crippen LogP contribution in [-0.4, -0.2) is 70.8 Å². The second-order valence-corrected chi connectivity index (χ2v) is 12.4. The van der Waals surface area contributed by atoms with Gasteiger partial charge in [-0.3, -0.25) is 19.7 Å². The summed E-state index contributed by atoms with van der Waals surface area (Å²) in [6, 6.07) is -2.48. The van der Waals surface area contributed by atoms with E-state index < -0.39 is 48.2 Å². The zero-order valence-electron chi connectivity index (χ0n) is 21.7. The Morgan fingerprint density at radius 3 is 2.39 bits per heavy atom. The van der Waals surface area contributed by atoms with Crippen LogP contribution in [0.2, 0.25) is 0 Å². The summed E-state index contributed by atoms with van der Waals surface area (Å²) >= 11 is 0. The van der Waals surface area contributed by atoms with Crippen molar-refractivity contribution in [3.63, 3.8) is 0 Å². The first-order valence-electron chi connectivity index (χ1n) is 12.5. The van der Waals surface area contributed by atoms with Gasteiger partial charge in [-0.1, -0.05) is 55.4 Å². The molecule has 5 atom stereocenters. The number of aliphatic hydroxyl groups excluding tert-OH is 1. The van der Waals surface area contributed by atoms with E-state index in [0.29, 0.717) is 12.2 Å². The Balaban J connectivity index is 2.51. The monoisotopic (exact) mass is 544 g/mol. The maximum Gasteiger partial charge on any atom is 0.329 e. The maximum absolute atomic E-state index is 13.2. The number of hydrogen-bond donors (Lipinski definition) is 5. The number of nitrogens with one attached hydrogen (secondary N) is 4. The fourth-order valence-electron chi connectivity index (χ4n) is 3.92. The van der Waals surface area contributed by atoms with Crippen LogP contribution in [0, 0.1) is 11.8 Å². The van der Waals surface area contributed by atoms with Gasteiger partial charge in [-0.25, -0.2) is 4.79 Å². The number of allylic oxidation sites excluding steroid dienone is 1. The minimum Gasteiger partial charge on any atom is -0.460 e. The highest BCUT2D eigenvalue weighted by atomic mass is 33.1. The quantitative estimate of drug-likeness (QED) is 0.198. The molecule has 2 aliphatic rings. The molecule has 0 aromatic rings. The number of aliphatic hydroxyl groups is 1. The Labute approximate surface area is 221 Å². The van der Waals surface area contributed by atoms with Gasteiger partial charge in [0.15, 0.2) is 0 Å². The van der Waals surface area contributed by atoms with Crippen molar-refractivity contribution in [2.75, 3.05) is 11.5 Å². The van der Waals surface area contributed by atoms with Gasteiger partial charge in [-0.15, -0.1) is 0 Å². The summed E-state index contributed by atoms with van der Waals surface area (Å²) in [5.41, 5.74) is -0.000865. The number of carbonyl (C=O) groups is 4. The van der Waals surface area contributed by atoms with Crippen molar-refractivity contribution >= 4 is 45.3 Å². The summed E-state index contributed by atoms with van der Waals surface area (Å²) in [7, 11) is 3.10. The van der Waals surface area contributed by atoms with Crippen LogP contribution in [0.25, 0.3) is 0 Å². The molecule has 2 fully saturated rings. The van der Waals surface area contributed by atoms with Crippen molar-refractivity contribution in [3.05, 3.63) is 11.8 Å². The second-order valence-electron chi connectivity index (χ2n) is 9.75. The molecule has 2 heterocycles. The molecule has 3 amide bonds. The van der Waals surface area contributed by atoms with Crippen molar-refractivity contribution < 1.29 is 29.0 Å². The van der Waals surface area contributed by atoms with E-state index in [9.17, 15) is 24.3 Å². The van der Waals surface area contributed by atoms with E-state index in [4.69, 9.17) is 4.74 Å². The average molecular weight is 545 g/mol. The smallest absolute Gasteiger partial charge is 0.329 e. The lowest BCUT2D eigenvalue weighted by atomic mass is 10.0. The molecule has 0 aliphatic carbocycles. The third-order valence-electron chi connectivity index (χ3n) is 6.09. The van der Waals surface area contributed by atoms with E-state index in [2.05, 4.69) is 21.3 Å². The standard InChI is InChI=1S/C24H40N4O6S2/c1-6-16-21(30)28-20(14(4)5)24(33)34-15-9-7-8-10-35-36-12-17(22(31)25-16)26-23(32)19(13(2)3)27-18(29)11-15/h6,13-15,17,19-20,23,26,32H,7-12H2,1-5H3,(H,25,31)(H,27,29)(H,28,30)/b16-6-. The van der Waals surface area contributed by atoms with E-state index >= 15 is 0 Å². The fourth-order valence-corrected chi connectivity index (χ4v) is 6.24. The first-order chi connectivity index (χ1) is 17.0. The van der Waals surface area contributed by atoms with Gasteiger partial charge >= 0.3 is 5.97 Å². The van der Waals surface area contributed by atoms with Crippen LogP contribution in [-0.2, 0) is 23.9 Å². The Hall–Kier alpha value is -1.76. The van der Waals surface area contributed by atoms with Crippen LogP contribution in [0.4, 0.5) is 0 Å². The molecule has 0 aromatic heterocycles. The summed E-state index contributed by atoms with van der Waals surface area (Å²) in [5, 5.41) is 22.1. The minimum absolute atomic E-state index is 0.000865. The van der Waals surface area contributed by atoms with Gasteiger partial charge in [0, 0.05) is 11.5 Å². The molecular weight excluding hydrogens is 504 g/mol. The summed E-state index contributed by atoms with van der Waals surface area (Å²) in [4.78, 5) is 52.3. The molecule has 5 unspecified atom stereocenters. The van der Waals surface area contributed by atoms with E-state index in [1.165, 1.54) is 16.9 Å². The second kappa shape index (κ2) is 14.8. The predicted octanol–water partition coefficient (Wildman–Crippen LogP) is 1.45. The molecule has 0 radical (unpaired) electrons. The highest BCUT2D eigenvalue weighted by Gasteiger charge is 2.34. The van der Waals surface area contributed by atoms with Gasteiger partial charge in [0.1, 0.15) is 24.1 Å². The molecule has 2 saturated heterocycles. The van der Waals surface area contributed by atoms with Crippen LogP contribution < -0.4 is 21.3 Å². The number of fused-ring (bicyclic) bond motifs is 7. The van der Waals surface area contributed by atoms with Gasteiger partial charge in [0.05, 0.1) is 18.5 Å². The molecule has 204 valence electrons. The zero-order valence-corrected chi connectivity index (χ0v) is 23.3. The summed E-state index contributed by atoms with van der Waals surface area (Å²) in [6.07, 6.45) is 1.61. The van der Waals surface area contributed by atoms with Gasteiger partial charge in [0.2, 0.25) is 11.8 Å². The Kier molecular flexibility index (Phi) is 12.6. The molecule has 12 heteroatoms. The fraction of sp³-hybridized carbons (Fsp3) is 0.750. The lowest BCUT2D eigenvalue weighted by Gasteiger charge is -2.32. The molecule has 36 heavy (non-hydrogen) atoms. The highest BCUT2D eigenvalue weighted by molar-refractivity contribution is 8.76. The number of rotatable bonds is 2. The minimum atomic E-state index is -1.22. The van der Waals surface area contributed by atoms with E-state index in [0.717, 1.165) is 18.6 Å². The van der Waals surface area contributed by atoms with Gasteiger partial charge in [0.25, 0.3) is 5.91 Å². The highest BCUT2D eigenvalue weighted by Crippen LogP contribution is 2.25. The maximum atomic E-state index is 13.2. The SMILES string of the molecule is C/C=C1\NC(=O)C2CSSCCCCC(CC(=O)NC(C(C)C)C(O)N2)OC(=O)C(C(C)C)NC1=O. The topological polar surface area (TPSA) is 146 Å². The van der Waals surface area contributed by atoms with E-state index in [1.807, 2.05) is 13.8 Å². The Bertz CT molecular complexity index is 822. The molecule has 0 saturated carbocycles. The van der Waals surface area contributed by atoms with Crippen molar-refractivity contribution in [3.8, 4) is 0 Å². The van der Waals surface area contributed by atoms with Crippen LogP contribution in [0.15, 0.2) is 11.8 Å².